The van der Waals surface area contributed by atoms with Crippen LogP contribution in [-0.2, 0) is 29.0 Å². The van der Waals surface area contributed by atoms with Crippen LogP contribution in [0.2, 0.25) is 0 Å². The second-order valence-electron chi connectivity index (χ2n) is 16.2. The average Bonchev–Trinajstić information content (AvgIpc) is 3.73. The van der Waals surface area contributed by atoms with Gasteiger partial charge in [-0.3, -0.25) is 19.2 Å². The molecule has 1 aromatic heterocycles. The first-order valence-electron chi connectivity index (χ1n) is 17.1. The molecule has 13 nitrogen and oxygen atoms in total. The number of likely N-dealkylation sites (tertiary alicyclic amines) is 1. The highest BCUT2D eigenvalue weighted by Crippen LogP contribution is 2.65. The molecule has 5 atom stereocenters. The Morgan fingerprint density at radius 1 is 1.06 bits per heavy atom. The van der Waals surface area contributed by atoms with Crippen LogP contribution in [0.25, 0.3) is 0 Å². The molecule has 4 fully saturated rings. The number of Topliss-reactive ketones (excluding diaryl/α,β-unsaturated/α-hetero) is 1. The van der Waals surface area contributed by atoms with Crippen molar-refractivity contribution >= 4 is 39.4 Å². The van der Waals surface area contributed by atoms with E-state index in [1.165, 1.54) is 17.2 Å². The third-order valence-electron chi connectivity index (χ3n) is 11.1. The number of nitrogens with two attached hydrogens (primary N) is 1. The molecule has 1 aliphatic heterocycles. The number of fused-ring (bicyclic) bond motifs is 1. The minimum Gasteiger partial charge on any atom is -0.468 e. The van der Waals surface area contributed by atoms with E-state index in [1.807, 2.05) is 34.6 Å². The number of amides is 5. The summed E-state index contributed by atoms with van der Waals surface area (Å²) in [4.78, 5) is 68.1. The second-order valence-corrected chi connectivity index (χ2v) is 18.2. The summed E-state index contributed by atoms with van der Waals surface area (Å²) in [5.41, 5.74) is 3.26. The summed E-state index contributed by atoms with van der Waals surface area (Å²) in [6, 6.07) is -2.26. The van der Waals surface area contributed by atoms with Gasteiger partial charge in [-0.2, -0.15) is 0 Å². The van der Waals surface area contributed by atoms with Crippen molar-refractivity contribution in [3.05, 3.63) is 18.1 Å². The number of ketones is 1. The monoisotopic (exact) mass is 689 g/mol. The number of hydrogen-bond donors (Lipinski definition) is 4. The Balaban J connectivity index is 1.35. The lowest BCUT2D eigenvalue weighted by molar-refractivity contribution is -0.145. The van der Waals surface area contributed by atoms with E-state index in [9.17, 15) is 32.4 Å². The third-order valence-corrected chi connectivity index (χ3v) is 13.1. The van der Waals surface area contributed by atoms with Crippen LogP contribution >= 0.6 is 0 Å². The third kappa shape index (κ3) is 7.28. The molecule has 3 aliphatic carbocycles. The highest BCUT2D eigenvalue weighted by atomic mass is 32.2. The van der Waals surface area contributed by atoms with E-state index in [2.05, 4.69) is 16.0 Å². The van der Waals surface area contributed by atoms with Gasteiger partial charge in [-0.1, -0.05) is 66.7 Å². The number of hydrogen-bond acceptors (Lipinski definition) is 8. The second kappa shape index (κ2) is 12.8. The molecule has 266 valence electrons. The molecule has 1 unspecified atom stereocenters. The summed E-state index contributed by atoms with van der Waals surface area (Å²) >= 11 is 0. The molecule has 0 bridgehead atoms. The van der Waals surface area contributed by atoms with Crippen molar-refractivity contribution in [3.63, 3.8) is 0 Å². The Bertz CT molecular complexity index is 1570. The van der Waals surface area contributed by atoms with Gasteiger partial charge in [0, 0.05) is 6.54 Å². The molecule has 3 saturated carbocycles. The smallest absolute Gasteiger partial charge is 0.315 e. The normalized spacial score (nSPS) is 25.7. The zero-order chi connectivity index (χ0) is 35.4. The Morgan fingerprint density at radius 2 is 1.71 bits per heavy atom. The number of aryl methyl sites for hydroxylation is 1. The van der Waals surface area contributed by atoms with Crippen LogP contribution in [0.1, 0.15) is 91.7 Å². The van der Waals surface area contributed by atoms with Gasteiger partial charge >= 0.3 is 6.03 Å². The van der Waals surface area contributed by atoms with Crippen molar-refractivity contribution in [2.75, 3.05) is 12.3 Å². The van der Waals surface area contributed by atoms with Gasteiger partial charge in [0.2, 0.25) is 17.6 Å². The Hall–Kier alpha value is -3.42. The number of furan rings is 1. The van der Waals surface area contributed by atoms with Crippen LogP contribution in [0.5, 0.6) is 0 Å². The van der Waals surface area contributed by atoms with Crippen molar-refractivity contribution in [3.8, 4) is 0 Å². The van der Waals surface area contributed by atoms with Gasteiger partial charge in [-0.05, 0) is 60.8 Å². The number of nitrogens with zero attached hydrogens (tertiary/aromatic N) is 1. The standard InChI is InChI=1S/C34H51N5O8S/c1-19-23(12-15-47-19)48(45,46)18-34(13-8-7-9-14-34)38-31(44)37-27(32(2,3)4)30(43)39-17-21-24(33(21,5)6)25(39)29(42)36-22(16-20-10-11-20)26(40)28(35)41/h12,15,20-22,24-25,27H,7-11,13-14,16-18H2,1-6H3,(H2,35,41)(H,36,42)(H2,37,38,44)/t21-,22?,24-,25-,27+/m0/s1. The van der Waals surface area contributed by atoms with Crippen molar-refractivity contribution in [1.82, 2.24) is 20.9 Å². The molecule has 0 radical (unpaired) electrons. The molecule has 4 aliphatic rings. The molecule has 5 rings (SSSR count). The average molecular weight is 690 g/mol. The number of nitrogens with one attached hydrogen (secondary N) is 3. The zero-order valence-corrected chi connectivity index (χ0v) is 29.7. The number of carbonyl (C=O) groups is 5. The number of piperidine rings is 1. The van der Waals surface area contributed by atoms with Crippen LogP contribution < -0.4 is 21.7 Å². The largest absolute Gasteiger partial charge is 0.468 e. The number of sulfone groups is 1. The maximum Gasteiger partial charge on any atom is 0.315 e. The van der Waals surface area contributed by atoms with E-state index < -0.39 is 68.5 Å². The fourth-order valence-electron chi connectivity index (χ4n) is 8.05. The lowest BCUT2D eigenvalue weighted by atomic mass is 9.83. The first-order valence-corrected chi connectivity index (χ1v) is 18.7. The number of primary amides is 1. The predicted molar refractivity (Wildman–Crippen MR) is 176 cm³/mol. The minimum atomic E-state index is -3.80. The minimum absolute atomic E-state index is 0.0439. The van der Waals surface area contributed by atoms with Gasteiger partial charge in [-0.15, -0.1) is 0 Å². The van der Waals surface area contributed by atoms with E-state index >= 15 is 0 Å². The molecule has 1 aromatic rings. The van der Waals surface area contributed by atoms with Crippen molar-refractivity contribution in [2.45, 2.75) is 121 Å². The van der Waals surface area contributed by atoms with Crippen LogP contribution in [0.15, 0.2) is 21.6 Å². The Labute approximate surface area is 282 Å². The van der Waals surface area contributed by atoms with E-state index in [4.69, 9.17) is 10.2 Å². The molecule has 0 spiro atoms. The molecular weight excluding hydrogens is 638 g/mol. The first-order chi connectivity index (χ1) is 22.3. The fourth-order valence-corrected chi connectivity index (χ4v) is 10.0. The predicted octanol–water partition coefficient (Wildman–Crippen LogP) is 2.60. The summed E-state index contributed by atoms with van der Waals surface area (Å²) in [5.74, 6) is -2.84. The summed E-state index contributed by atoms with van der Waals surface area (Å²) in [6.07, 6.45) is 6.78. The summed E-state index contributed by atoms with van der Waals surface area (Å²) in [7, 11) is -3.80. The zero-order valence-electron chi connectivity index (χ0n) is 28.9. The topological polar surface area (TPSA) is 198 Å². The summed E-state index contributed by atoms with van der Waals surface area (Å²) < 4.78 is 32.2. The first kappa shape index (κ1) is 35.9. The molecular formula is C34H51N5O8S. The molecule has 14 heteroatoms. The fraction of sp³-hybridized carbons (Fsp3) is 0.735. The summed E-state index contributed by atoms with van der Waals surface area (Å²) in [5, 5.41) is 8.58. The van der Waals surface area contributed by atoms with Crippen molar-refractivity contribution in [1.29, 1.82) is 0 Å². The van der Waals surface area contributed by atoms with E-state index in [0.717, 1.165) is 32.1 Å². The van der Waals surface area contributed by atoms with Gasteiger partial charge in [0.1, 0.15) is 22.7 Å². The Morgan fingerprint density at radius 3 is 2.25 bits per heavy atom. The van der Waals surface area contributed by atoms with Crippen LogP contribution in [-0.4, -0.2) is 78.8 Å². The van der Waals surface area contributed by atoms with E-state index in [1.54, 1.807) is 6.92 Å². The van der Waals surface area contributed by atoms with Crippen LogP contribution in [0.4, 0.5) is 4.79 Å². The van der Waals surface area contributed by atoms with E-state index in [-0.39, 0.29) is 39.6 Å². The molecule has 0 aromatic carbocycles. The van der Waals surface area contributed by atoms with E-state index in [0.29, 0.717) is 25.8 Å². The van der Waals surface area contributed by atoms with Gasteiger partial charge in [-0.25, -0.2) is 13.2 Å². The van der Waals surface area contributed by atoms with Crippen molar-refractivity contribution in [2.24, 2.45) is 34.3 Å². The highest BCUT2D eigenvalue weighted by molar-refractivity contribution is 7.91. The quantitative estimate of drug-likeness (QED) is 0.240. The Kier molecular flexibility index (Phi) is 9.56. The van der Waals surface area contributed by atoms with Gasteiger partial charge in [0.25, 0.3) is 5.91 Å². The maximum absolute atomic E-state index is 14.4. The molecule has 1 saturated heterocycles. The molecule has 5 amide bonds. The molecule has 2 heterocycles. The number of rotatable bonds is 12. The van der Waals surface area contributed by atoms with Gasteiger partial charge in [0.05, 0.1) is 23.6 Å². The lowest BCUT2D eigenvalue weighted by Gasteiger charge is -2.40. The van der Waals surface area contributed by atoms with Crippen molar-refractivity contribution < 1.29 is 36.8 Å². The maximum atomic E-state index is 14.4. The van der Waals surface area contributed by atoms with Gasteiger partial charge < -0.3 is 31.0 Å². The van der Waals surface area contributed by atoms with Gasteiger partial charge in [0.15, 0.2) is 9.84 Å². The molecule has 5 N–H and O–H groups in total. The SMILES string of the molecule is Cc1occc1S(=O)(=O)CC1(NC(=O)N[C@H](C(=O)N2C[C@H]3[C@@H]([C@H]2C(=O)NC(CC2CC2)C(=O)C(N)=O)C3(C)C)C(C)(C)C)CCCCC1. The lowest BCUT2D eigenvalue weighted by Crippen LogP contribution is -2.63. The molecule has 48 heavy (non-hydrogen) atoms. The van der Waals surface area contributed by atoms with Crippen LogP contribution in [0, 0.1) is 35.5 Å². The number of urea groups is 1. The number of carbonyl (C=O) groups excluding carboxylic acids is 5. The summed E-state index contributed by atoms with van der Waals surface area (Å²) in [6.45, 7) is 11.4. The highest BCUT2D eigenvalue weighted by Gasteiger charge is 2.70. The van der Waals surface area contributed by atoms with Crippen LogP contribution in [0.3, 0.4) is 0 Å².